The van der Waals surface area contributed by atoms with Gasteiger partial charge in [-0.05, 0) is 43.1 Å². The first kappa shape index (κ1) is 25.6. The molecule has 7 unspecified atom stereocenters. The van der Waals surface area contributed by atoms with Crippen LogP contribution in [0.25, 0.3) is 0 Å². The summed E-state index contributed by atoms with van der Waals surface area (Å²) in [4.78, 5) is 0. The second-order valence-electron chi connectivity index (χ2n) is 11.0. The average molecular weight is 451 g/mol. The van der Waals surface area contributed by atoms with Gasteiger partial charge in [-0.3, -0.25) is 0 Å². The van der Waals surface area contributed by atoms with E-state index in [0.717, 1.165) is 18.4 Å². The molecule has 1 saturated heterocycles. The number of hydrogen-bond acceptors (Lipinski definition) is 6. The van der Waals surface area contributed by atoms with Crippen LogP contribution in [0.2, 0.25) is 0 Å². The fourth-order valence-electron chi connectivity index (χ4n) is 5.30. The SMILES string of the molecule is CCC1CC1C(O)C1(C(OCc2ccccc2)C(C)(C)C)OC(OC(C)(C)O)CC1OC. The Morgan fingerprint density at radius 2 is 1.78 bits per heavy atom. The maximum Gasteiger partial charge on any atom is 0.164 e. The highest BCUT2D eigenvalue weighted by atomic mass is 16.8. The summed E-state index contributed by atoms with van der Waals surface area (Å²) in [6.45, 7) is 12.0. The smallest absolute Gasteiger partial charge is 0.164 e. The largest absolute Gasteiger partial charge is 0.390 e. The van der Waals surface area contributed by atoms with E-state index >= 15 is 0 Å². The van der Waals surface area contributed by atoms with Gasteiger partial charge in [-0.2, -0.15) is 0 Å². The number of hydrogen-bond donors (Lipinski definition) is 2. The van der Waals surface area contributed by atoms with Gasteiger partial charge in [0.15, 0.2) is 12.1 Å². The molecule has 6 nitrogen and oxygen atoms in total. The number of benzene rings is 1. The van der Waals surface area contributed by atoms with E-state index in [4.69, 9.17) is 18.9 Å². The predicted octanol–water partition coefficient (Wildman–Crippen LogP) is 4.27. The van der Waals surface area contributed by atoms with E-state index in [1.807, 2.05) is 30.3 Å². The molecule has 1 aromatic rings. The molecule has 1 aliphatic carbocycles. The van der Waals surface area contributed by atoms with Crippen molar-refractivity contribution in [1.82, 2.24) is 0 Å². The third kappa shape index (κ3) is 5.54. The third-order valence-corrected chi connectivity index (χ3v) is 6.78. The molecule has 1 aromatic carbocycles. The standard InChI is InChI=1S/C26H42O6/c1-8-18-14-19(18)22(27)26(20(29-7)15-21(32-26)31-25(5,6)28)23(24(2,3)4)30-16-17-12-10-9-11-13-17/h9-13,18-23,27-28H,8,14-16H2,1-7H3. The van der Waals surface area contributed by atoms with E-state index in [2.05, 4.69) is 27.7 Å². The second kappa shape index (κ2) is 9.69. The maximum atomic E-state index is 11.8. The Balaban J connectivity index is 1.98. The van der Waals surface area contributed by atoms with Crippen LogP contribution in [0.5, 0.6) is 0 Å². The average Bonchev–Trinajstić information content (AvgIpc) is 3.41. The molecule has 1 heterocycles. The molecular formula is C26H42O6. The maximum absolute atomic E-state index is 11.8. The highest BCUT2D eigenvalue weighted by Gasteiger charge is 2.66. The molecule has 1 saturated carbocycles. The van der Waals surface area contributed by atoms with Crippen molar-refractivity contribution in [3.63, 3.8) is 0 Å². The number of methoxy groups -OCH3 is 1. The van der Waals surface area contributed by atoms with E-state index in [0.29, 0.717) is 18.9 Å². The first-order chi connectivity index (χ1) is 14.9. The van der Waals surface area contributed by atoms with Gasteiger partial charge in [0.25, 0.3) is 0 Å². The normalized spacial score (nSPS) is 32.7. The van der Waals surface area contributed by atoms with Crippen LogP contribution in [0.4, 0.5) is 0 Å². The lowest BCUT2D eigenvalue weighted by atomic mass is 9.71. The van der Waals surface area contributed by atoms with Crippen LogP contribution < -0.4 is 0 Å². The Kier molecular flexibility index (Phi) is 7.75. The highest BCUT2D eigenvalue weighted by Crippen LogP contribution is 2.54. The summed E-state index contributed by atoms with van der Waals surface area (Å²) in [6, 6.07) is 10.0. The molecular weight excluding hydrogens is 408 g/mol. The lowest BCUT2D eigenvalue weighted by Gasteiger charge is -2.49. The van der Waals surface area contributed by atoms with E-state index in [-0.39, 0.29) is 11.3 Å². The molecule has 6 heteroatoms. The molecule has 0 radical (unpaired) electrons. The van der Waals surface area contributed by atoms with Crippen molar-refractivity contribution >= 4 is 0 Å². The van der Waals surface area contributed by atoms with Crippen LogP contribution in [0.15, 0.2) is 30.3 Å². The molecule has 7 atom stereocenters. The van der Waals surface area contributed by atoms with Crippen molar-refractivity contribution in [2.45, 2.75) is 103 Å². The Morgan fingerprint density at radius 3 is 2.28 bits per heavy atom. The van der Waals surface area contributed by atoms with Gasteiger partial charge in [-0.15, -0.1) is 0 Å². The zero-order valence-electron chi connectivity index (χ0n) is 20.7. The fraction of sp³-hybridized carbons (Fsp3) is 0.769. The van der Waals surface area contributed by atoms with Crippen molar-refractivity contribution in [1.29, 1.82) is 0 Å². The lowest BCUT2D eigenvalue weighted by molar-refractivity contribution is -0.316. The number of aliphatic hydroxyl groups is 2. The summed E-state index contributed by atoms with van der Waals surface area (Å²) in [7, 11) is 1.64. The summed E-state index contributed by atoms with van der Waals surface area (Å²) in [5.74, 6) is -0.770. The number of ether oxygens (including phenoxy) is 4. The molecule has 2 fully saturated rings. The molecule has 0 bridgehead atoms. The van der Waals surface area contributed by atoms with Gasteiger partial charge in [0.05, 0.1) is 24.9 Å². The summed E-state index contributed by atoms with van der Waals surface area (Å²) in [5.41, 5.74) is -0.417. The van der Waals surface area contributed by atoms with Crippen LogP contribution in [-0.4, -0.2) is 53.3 Å². The molecule has 0 spiro atoms. The quantitative estimate of drug-likeness (QED) is 0.519. The van der Waals surface area contributed by atoms with E-state index in [1.165, 1.54) is 0 Å². The summed E-state index contributed by atoms with van der Waals surface area (Å²) >= 11 is 0. The molecule has 1 aliphatic heterocycles. The van der Waals surface area contributed by atoms with Crippen LogP contribution >= 0.6 is 0 Å². The topological polar surface area (TPSA) is 77.4 Å². The van der Waals surface area contributed by atoms with E-state index < -0.39 is 36.0 Å². The van der Waals surface area contributed by atoms with Crippen LogP contribution in [0, 0.1) is 17.3 Å². The lowest BCUT2D eigenvalue weighted by Crippen LogP contribution is -2.64. The Labute approximate surface area is 193 Å². The number of rotatable bonds is 10. The number of aliphatic hydroxyl groups excluding tert-OH is 1. The minimum atomic E-state index is -1.36. The molecule has 3 rings (SSSR count). The Hall–Kier alpha value is -1.02. The summed E-state index contributed by atoms with van der Waals surface area (Å²) in [6.07, 6.45) is -0.00359. The van der Waals surface area contributed by atoms with Crippen LogP contribution in [0.1, 0.15) is 66.4 Å². The zero-order chi connectivity index (χ0) is 23.7. The predicted molar refractivity (Wildman–Crippen MR) is 123 cm³/mol. The minimum Gasteiger partial charge on any atom is -0.390 e. The van der Waals surface area contributed by atoms with Gasteiger partial charge in [0.2, 0.25) is 0 Å². The van der Waals surface area contributed by atoms with Gasteiger partial charge in [-0.25, -0.2) is 0 Å². The molecule has 182 valence electrons. The van der Waals surface area contributed by atoms with Crippen molar-refractivity contribution in [3.8, 4) is 0 Å². The second-order valence-corrected chi connectivity index (χ2v) is 11.0. The molecule has 0 aromatic heterocycles. The molecule has 2 N–H and O–H groups in total. The fourth-order valence-corrected chi connectivity index (χ4v) is 5.30. The van der Waals surface area contributed by atoms with Gasteiger partial charge in [-0.1, -0.05) is 64.4 Å². The van der Waals surface area contributed by atoms with Crippen molar-refractivity contribution < 1.29 is 29.2 Å². The first-order valence-electron chi connectivity index (χ1n) is 11.9. The van der Waals surface area contributed by atoms with Gasteiger partial charge in [0.1, 0.15) is 5.60 Å². The van der Waals surface area contributed by atoms with Crippen molar-refractivity contribution in [2.75, 3.05) is 7.11 Å². The monoisotopic (exact) mass is 450 g/mol. The molecule has 2 aliphatic rings. The Bertz CT molecular complexity index is 724. The van der Waals surface area contributed by atoms with Crippen molar-refractivity contribution in [2.24, 2.45) is 17.3 Å². The van der Waals surface area contributed by atoms with Crippen molar-refractivity contribution in [3.05, 3.63) is 35.9 Å². The summed E-state index contributed by atoms with van der Waals surface area (Å²) < 4.78 is 24.9. The molecule has 32 heavy (non-hydrogen) atoms. The van der Waals surface area contributed by atoms with Gasteiger partial charge in [0, 0.05) is 13.5 Å². The van der Waals surface area contributed by atoms with E-state index in [9.17, 15) is 10.2 Å². The van der Waals surface area contributed by atoms with Gasteiger partial charge >= 0.3 is 0 Å². The minimum absolute atomic E-state index is 0.128. The summed E-state index contributed by atoms with van der Waals surface area (Å²) in [5, 5.41) is 22.0. The van der Waals surface area contributed by atoms with Crippen LogP contribution in [0.3, 0.4) is 0 Å². The highest BCUT2D eigenvalue weighted by molar-refractivity contribution is 5.16. The van der Waals surface area contributed by atoms with E-state index in [1.54, 1.807) is 21.0 Å². The molecule has 0 amide bonds. The Morgan fingerprint density at radius 1 is 1.12 bits per heavy atom. The zero-order valence-corrected chi connectivity index (χ0v) is 20.7. The first-order valence-corrected chi connectivity index (χ1v) is 11.9. The van der Waals surface area contributed by atoms with Gasteiger partial charge < -0.3 is 29.2 Å². The van der Waals surface area contributed by atoms with Crippen LogP contribution in [-0.2, 0) is 25.6 Å². The third-order valence-electron chi connectivity index (χ3n) is 6.78.